The highest BCUT2D eigenvalue weighted by molar-refractivity contribution is 6.31. The Kier molecular flexibility index (Phi) is 7.40. The molecule has 2 aromatic carbocycles. The molecule has 0 saturated carbocycles. The maximum Gasteiger partial charge on any atom is 0.251 e. The smallest absolute Gasteiger partial charge is 0.251 e. The lowest BCUT2D eigenvalue weighted by Crippen LogP contribution is -2.33. The van der Waals surface area contributed by atoms with Crippen molar-refractivity contribution >= 4 is 17.5 Å². The summed E-state index contributed by atoms with van der Waals surface area (Å²) >= 11 is 6.18. The standard InChI is InChI=1S/C23H29ClN2O3/c1-16(2)26-11-10-17(14-26)13-25-23(27)18-8-9-21(22(12-18)28-3)29-15-19-6-4-5-7-20(19)24/h4-9,12,16-17H,10-11,13-15H2,1-3H3,(H,25,27). The number of hydrogen-bond acceptors (Lipinski definition) is 4. The topological polar surface area (TPSA) is 50.8 Å². The van der Waals surface area contributed by atoms with E-state index in [9.17, 15) is 4.79 Å². The summed E-state index contributed by atoms with van der Waals surface area (Å²) in [7, 11) is 1.57. The van der Waals surface area contributed by atoms with Crippen molar-refractivity contribution in [3.8, 4) is 11.5 Å². The Balaban J connectivity index is 1.58. The molecule has 2 aromatic rings. The van der Waals surface area contributed by atoms with Crippen LogP contribution in [0.25, 0.3) is 0 Å². The molecular weight excluding hydrogens is 388 g/mol. The second kappa shape index (κ2) is 9.99. The molecule has 1 aliphatic heterocycles. The van der Waals surface area contributed by atoms with Crippen LogP contribution < -0.4 is 14.8 Å². The van der Waals surface area contributed by atoms with Gasteiger partial charge in [0.05, 0.1) is 7.11 Å². The van der Waals surface area contributed by atoms with Crippen molar-refractivity contribution in [2.45, 2.75) is 32.9 Å². The van der Waals surface area contributed by atoms with Crippen LogP contribution >= 0.6 is 11.6 Å². The number of carbonyl (C=O) groups is 1. The van der Waals surface area contributed by atoms with Gasteiger partial charge < -0.3 is 19.7 Å². The molecule has 1 saturated heterocycles. The summed E-state index contributed by atoms with van der Waals surface area (Å²) in [6.45, 7) is 7.58. The first-order valence-electron chi connectivity index (χ1n) is 10.0. The minimum atomic E-state index is -0.0936. The Labute approximate surface area is 177 Å². The molecule has 29 heavy (non-hydrogen) atoms. The Bertz CT molecular complexity index is 841. The monoisotopic (exact) mass is 416 g/mol. The van der Waals surface area contributed by atoms with Crippen molar-refractivity contribution in [2.24, 2.45) is 5.92 Å². The number of hydrogen-bond donors (Lipinski definition) is 1. The number of nitrogens with one attached hydrogen (secondary N) is 1. The van der Waals surface area contributed by atoms with Gasteiger partial charge in [-0.05, 0) is 57.0 Å². The van der Waals surface area contributed by atoms with E-state index in [2.05, 4.69) is 24.1 Å². The van der Waals surface area contributed by atoms with Gasteiger partial charge in [0.15, 0.2) is 11.5 Å². The van der Waals surface area contributed by atoms with Crippen LogP contribution in [0.4, 0.5) is 0 Å². The van der Waals surface area contributed by atoms with Gasteiger partial charge in [-0.3, -0.25) is 4.79 Å². The predicted octanol–water partition coefficient (Wildman–Crippen LogP) is 4.39. The van der Waals surface area contributed by atoms with Crippen molar-refractivity contribution in [1.29, 1.82) is 0 Å². The summed E-state index contributed by atoms with van der Waals surface area (Å²) < 4.78 is 11.3. The van der Waals surface area contributed by atoms with Crippen LogP contribution in [0.1, 0.15) is 36.2 Å². The summed E-state index contributed by atoms with van der Waals surface area (Å²) in [4.78, 5) is 15.0. The average Bonchev–Trinajstić information content (AvgIpc) is 3.21. The summed E-state index contributed by atoms with van der Waals surface area (Å²) in [5.41, 5.74) is 1.45. The molecule has 0 aliphatic carbocycles. The van der Waals surface area contributed by atoms with Crippen molar-refractivity contribution in [3.05, 3.63) is 58.6 Å². The molecule has 1 unspecified atom stereocenters. The van der Waals surface area contributed by atoms with Crippen molar-refractivity contribution in [3.63, 3.8) is 0 Å². The molecule has 1 heterocycles. The van der Waals surface area contributed by atoms with Gasteiger partial charge >= 0.3 is 0 Å². The lowest BCUT2D eigenvalue weighted by Gasteiger charge is -2.20. The minimum absolute atomic E-state index is 0.0936. The van der Waals surface area contributed by atoms with Gasteiger partial charge in [0.2, 0.25) is 0 Å². The van der Waals surface area contributed by atoms with Crippen LogP contribution in [0.5, 0.6) is 11.5 Å². The highest BCUT2D eigenvalue weighted by Crippen LogP contribution is 2.29. The van der Waals surface area contributed by atoms with E-state index in [0.717, 1.165) is 25.1 Å². The number of amides is 1. The first-order chi connectivity index (χ1) is 14.0. The number of nitrogens with zero attached hydrogens (tertiary/aromatic N) is 1. The average molecular weight is 417 g/mol. The van der Waals surface area contributed by atoms with E-state index in [1.54, 1.807) is 25.3 Å². The number of carbonyl (C=O) groups excluding carboxylic acids is 1. The Morgan fingerprint density at radius 1 is 1.24 bits per heavy atom. The van der Waals surface area contributed by atoms with E-state index in [4.69, 9.17) is 21.1 Å². The van der Waals surface area contributed by atoms with E-state index in [-0.39, 0.29) is 5.91 Å². The number of likely N-dealkylation sites (tertiary alicyclic amines) is 1. The van der Waals surface area contributed by atoms with Crippen LogP contribution in [0.3, 0.4) is 0 Å². The Hall–Kier alpha value is -2.24. The van der Waals surface area contributed by atoms with Crippen LogP contribution in [0, 0.1) is 5.92 Å². The third kappa shape index (κ3) is 5.64. The normalized spacial score (nSPS) is 16.8. The first-order valence-corrected chi connectivity index (χ1v) is 10.4. The van der Waals surface area contributed by atoms with Gasteiger partial charge in [-0.1, -0.05) is 29.8 Å². The molecule has 0 radical (unpaired) electrons. The molecule has 156 valence electrons. The third-order valence-corrected chi connectivity index (χ3v) is 5.73. The molecule has 1 aliphatic rings. The van der Waals surface area contributed by atoms with E-state index in [1.807, 2.05) is 24.3 Å². The molecular formula is C23H29ClN2O3. The third-order valence-electron chi connectivity index (χ3n) is 5.37. The summed E-state index contributed by atoms with van der Waals surface area (Å²) in [5.74, 6) is 1.51. The molecule has 3 rings (SSSR count). The number of rotatable bonds is 8. The first kappa shape index (κ1) is 21.5. The molecule has 6 heteroatoms. The molecule has 1 atom stereocenters. The fourth-order valence-corrected chi connectivity index (χ4v) is 3.73. The largest absolute Gasteiger partial charge is 0.493 e. The van der Waals surface area contributed by atoms with Gasteiger partial charge in [-0.2, -0.15) is 0 Å². The van der Waals surface area contributed by atoms with Gasteiger partial charge in [0.1, 0.15) is 6.61 Å². The number of methoxy groups -OCH3 is 1. The van der Waals surface area contributed by atoms with Gasteiger partial charge in [-0.25, -0.2) is 0 Å². The van der Waals surface area contributed by atoms with Gasteiger partial charge in [0.25, 0.3) is 5.91 Å². The summed E-state index contributed by atoms with van der Waals surface area (Å²) in [5, 5.41) is 3.71. The molecule has 0 spiro atoms. The molecule has 0 bridgehead atoms. The van der Waals surface area contributed by atoms with Crippen molar-refractivity contribution < 1.29 is 14.3 Å². The molecule has 1 fully saturated rings. The van der Waals surface area contributed by atoms with Crippen molar-refractivity contribution in [2.75, 3.05) is 26.7 Å². The second-order valence-electron chi connectivity index (χ2n) is 7.70. The fraction of sp³-hybridized carbons (Fsp3) is 0.435. The van der Waals surface area contributed by atoms with E-state index in [1.165, 1.54) is 0 Å². The number of halogens is 1. The predicted molar refractivity (Wildman–Crippen MR) is 116 cm³/mol. The van der Waals surface area contributed by atoms with Crippen LogP contribution in [-0.4, -0.2) is 43.6 Å². The van der Waals surface area contributed by atoms with E-state index in [0.29, 0.717) is 47.2 Å². The van der Waals surface area contributed by atoms with Crippen LogP contribution in [0.15, 0.2) is 42.5 Å². The van der Waals surface area contributed by atoms with Crippen LogP contribution in [0.2, 0.25) is 5.02 Å². The number of ether oxygens (including phenoxy) is 2. The van der Waals surface area contributed by atoms with Crippen LogP contribution in [-0.2, 0) is 6.61 Å². The molecule has 0 aromatic heterocycles. The maximum absolute atomic E-state index is 12.6. The summed E-state index contributed by atoms with van der Waals surface area (Å²) in [6, 6.07) is 13.3. The number of benzene rings is 2. The fourth-order valence-electron chi connectivity index (χ4n) is 3.54. The van der Waals surface area contributed by atoms with Gasteiger partial charge in [0, 0.05) is 35.3 Å². The second-order valence-corrected chi connectivity index (χ2v) is 8.11. The highest BCUT2D eigenvalue weighted by atomic mass is 35.5. The zero-order valence-corrected chi connectivity index (χ0v) is 18.0. The lowest BCUT2D eigenvalue weighted by atomic mass is 10.1. The molecule has 1 amide bonds. The van der Waals surface area contributed by atoms with E-state index >= 15 is 0 Å². The zero-order valence-electron chi connectivity index (χ0n) is 17.3. The quantitative estimate of drug-likeness (QED) is 0.693. The zero-order chi connectivity index (χ0) is 20.8. The van der Waals surface area contributed by atoms with Crippen molar-refractivity contribution in [1.82, 2.24) is 10.2 Å². The SMILES string of the molecule is COc1cc(C(=O)NCC2CCN(C(C)C)C2)ccc1OCc1ccccc1Cl. The summed E-state index contributed by atoms with van der Waals surface area (Å²) in [6.07, 6.45) is 1.12. The van der Waals surface area contributed by atoms with Gasteiger partial charge in [-0.15, -0.1) is 0 Å². The molecule has 5 nitrogen and oxygen atoms in total. The lowest BCUT2D eigenvalue weighted by molar-refractivity contribution is 0.0946. The maximum atomic E-state index is 12.6. The highest BCUT2D eigenvalue weighted by Gasteiger charge is 2.24. The minimum Gasteiger partial charge on any atom is -0.493 e. The van der Waals surface area contributed by atoms with E-state index < -0.39 is 0 Å². The molecule has 1 N–H and O–H groups in total. The Morgan fingerprint density at radius 3 is 2.72 bits per heavy atom. The Morgan fingerprint density at radius 2 is 2.03 bits per heavy atom.